The molecule has 126 valence electrons. The largest absolute Gasteiger partial charge is 0.293 e. The van der Waals surface area contributed by atoms with Gasteiger partial charge >= 0.3 is 0 Å². The summed E-state index contributed by atoms with van der Waals surface area (Å²) >= 11 is 1.35. The second-order valence-electron chi connectivity index (χ2n) is 6.40. The lowest BCUT2D eigenvalue weighted by Crippen LogP contribution is -2.22. The third kappa shape index (κ3) is 3.24. The predicted octanol–water partition coefficient (Wildman–Crippen LogP) is 4.01. The Kier molecular flexibility index (Phi) is 4.17. The Morgan fingerprint density at radius 1 is 1.16 bits per heavy atom. The molecule has 1 fully saturated rings. The molecule has 3 aromatic rings. The van der Waals surface area contributed by atoms with Crippen molar-refractivity contribution in [2.45, 2.75) is 31.0 Å². The molecule has 0 aliphatic heterocycles. The van der Waals surface area contributed by atoms with Crippen LogP contribution in [0.25, 0.3) is 10.9 Å². The van der Waals surface area contributed by atoms with E-state index in [-0.39, 0.29) is 23.1 Å². The lowest BCUT2D eigenvalue weighted by atomic mass is 10.1. The van der Waals surface area contributed by atoms with Gasteiger partial charge in [0.15, 0.2) is 10.9 Å². The molecule has 25 heavy (non-hydrogen) atoms. The minimum atomic E-state index is -0.00150. The summed E-state index contributed by atoms with van der Waals surface area (Å²) in [7, 11) is 0. The zero-order valence-electron chi connectivity index (χ0n) is 13.9. The topological polar surface area (TPSA) is 52.0 Å². The first-order chi connectivity index (χ1) is 12.1. The molecule has 0 amide bonds. The first-order valence-electron chi connectivity index (χ1n) is 8.37. The van der Waals surface area contributed by atoms with E-state index in [4.69, 9.17) is 0 Å². The molecule has 0 atom stereocenters. The number of aromatic nitrogens is 2. The molecule has 1 heterocycles. The molecule has 1 aliphatic carbocycles. The summed E-state index contributed by atoms with van der Waals surface area (Å²) in [6, 6.07) is 15.2. The van der Waals surface area contributed by atoms with Crippen molar-refractivity contribution in [1.82, 2.24) is 9.55 Å². The predicted molar refractivity (Wildman–Crippen MR) is 101 cm³/mol. The van der Waals surface area contributed by atoms with E-state index in [1.54, 1.807) is 4.57 Å². The maximum Gasteiger partial charge on any atom is 0.262 e. The van der Waals surface area contributed by atoms with Gasteiger partial charge in [0, 0.05) is 11.6 Å². The number of hydrogen-bond donors (Lipinski definition) is 0. The third-order valence-corrected chi connectivity index (χ3v) is 5.35. The highest BCUT2D eigenvalue weighted by atomic mass is 32.2. The number of Topliss-reactive ketones (excluding diaryl/α,β-unsaturated/α-hetero) is 1. The third-order valence-electron chi connectivity index (χ3n) is 4.39. The number of thioether (sulfide) groups is 1. The normalized spacial score (nSPS) is 14.0. The van der Waals surface area contributed by atoms with Crippen LogP contribution < -0.4 is 5.56 Å². The maximum atomic E-state index is 12.8. The second kappa shape index (κ2) is 6.48. The van der Waals surface area contributed by atoms with Crippen LogP contribution in [0.3, 0.4) is 0 Å². The number of ketones is 1. The number of carbonyl (C=O) groups excluding carboxylic acids is 1. The minimum Gasteiger partial charge on any atom is -0.293 e. The fourth-order valence-electron chi connectivity index (χ4n) is 2.83. The molecule has 5 heteroatoms. The number of fused-ring (bicyclic) bond motifs is 1. The van der Waals surface area contributed by atoms with Crippen molar-refractivity contribution in [3.63, 3.8) is 0 Å². The summed E-state index contributed by atoms with van der Waals surface area (Å²) in [6.45, 7) is 2.00. The van der Waals surface area contributed by atoms with Crippen LogP contribution in [-0.4, -0.2) is 21.1 Å². The Balaban J connectivity index is 1.64. The van der Waals surface area contributed by atoms with Crippen LogP contribution >= 0.6 is 11.8 Å². The Morgan fingerprint density at radius 3 is 2.60 bits per heavy atom. The summed E-state index contributed by atoms with van der Waals surface area (Å²) in [5.74, 6) is 0.329. The van der Waals surface area contributed by atoms with Gasteiger partial charge in [-0.1, -0.05) is 53.7 Å². The summed E-state index contributed by atoms with van der Waals surface area (Å²) in [4.78, 5) is 29.9. The number of aryl methyl sites for hydroxylation is 1. The van der Waals surface area contributed by atoms with Crippen LogP contribution in [0.1, 0.15) is 34.8 Å². The Hall–Kier alpha value is -2.40. The quantitative estimate of drug-likeness (QED) is 0.396. The molecule has 0 unspecified atom stereocenters. The lowest BCUT2D eigenvalue weighted by Gasteiger charge is -2.12. The van der Waals surface area contributed by atoms with Gasteiger partial charge in [-0.2, -0.15) is 0 Å². The Bertz CT molecular complexity index is 1000. The van der Waals surface area contributed by atoms with Crippen molar-refractivity contribution in [2.24, 2.45) is 0 Å². The van der Waals surface area contributed by atoms with Gasteiger partial charge in [0.25, 0.3) is 5.56 Å². The van der Waals surface area contributed by atoms with E-state index in [0.717, 1.165) is 18.4 Å². The zero-order chi connectivity index (χ0) is 17.4. The second-order valence-corrected chi connectivity index (χ2v) is 7.34. The number of nitrogens with zero attached hydrogens (tertiary/aromatic N) is 2. The number of para-hydroxylation sites is 1. The van der Waals surface area contributed by atoms with E-state index >= 15 is 0 Å². The van der Waals surface area contributed by atoms with Crippen LogP contribution in [-0.2, 0) is 0 Å². The van der Waals surface area contributed by atoms with Crippen molar-refractivity contribution in [1.29, 1.82) is 0 Å². The molecule has 2 aromatic carbocycles. The molecule has 0 radical (unpaired) electrons. The van der Waals surface area contributed by atoms with Gasteiger partial charge in [0.1, 0.15) is 0 Å². The van der Waals surface area contributed by atoms with Crippen molar-refractivity contribution >= 4 is 28.4 Å². The summed E-state index contributed by atoms with van der Waals surface area (Å²) in [6.07, 6.45) is 2.00. The van der Waals surface area contributed by atoms with Crippen molar-refractivity contribution in [3.8, 4) is 0 Å². The number of hydrogen-bond acceptors (Lipinski definition) is 4. The van der Waals surface area contributed by atoms with Gasteiger partial charge in [-0.15, -0.1) is 0 Å². The van der Waals surface area contributed by atoms with Crippen LogP contribution in [0.5, 0.6) is 0 Å². The van der Waals surface area contributed by atoms with Gasteiger partial charge in [0.05, 0.1) is 16.7 Å². The van der Waals surface area contributed by atoms with Crippen molar-refractivity contribution < 1.29 is 4.79 Å². The standard InChI is InChI=1S/C20H18N2O2S/c1-13-6-8-14(9-7-13)18(23)12-25-20-21-17-5-3-2-4-16(17)19(24)22(20)15-10-11-15/h2-9,15H,10-12H2,1H3. The monoisotopic (exact) mass is 350 g/mol. The van der Waals surface area contributed by atoms with Gasteiger partial charge in [-0.05, 0) is 31.9 Å². The highest BCUT2D eigenvalue weighted by Gasteiger charge is 2.28. The number of carbonyl (C=O) groups is 1. The fraction of sp³-hybridized carbons (Fsp3) is 0.250. The maximum absolute atomic E-state index is 12.8. The molecule has 4 nitrogen and oxygen atoms in total. The van der Waals surface area contributed by atoms with Crippen LogP contribution in [0, 0.1) is 6.92 Å². The Morgan fingerprint density at radius 2 is 1.88 bits per heavy atom. The van der Waals surface area contributed by atoms with Gasteiger partial charge in [0.2, 0.25) is 0 Å². The average molecular weight is 350 g/mol. The van der Waals surface area contributed by atoms with Gasteiger partial charge in [-0.25, -0.2) is 4.98 Å². The van der Waals surface area contributed by atoms with E-state index in [0.29, 0.717) is 21.6 Å². The van der Waals surface area contributed by atoms with Crippen LogP contribution in [0.4, 0.5) is 0 Å². The average Bonchev–Trinajstić information content (AvgIpc) is 3.45. The fourth-order valence-corrected chi connectivity index (χ4v) is 3.80. The highest BCUT2D eigenvalue weighted by Crippen LogP contribution is 2.36. The van der Waals surface area contributed by atoms with E-state index in [1.807, 2.05) is 55.5 Å². The first kappa shape index (κ1) is 16.1. The van der Waals surface area contributed by atoms with E-state index in [9.17, 15) is 9.59 Å². The zero-order valence-corrected chi connectivity index (χ0v) is 14.8. The molecule has 0 spiro atoms. The van der Waals surface area contributed by atoms with Crippen LogP contribution in [0.2, 0.25) is 0 Å². The Labute approximate surface area is 149 Å². The van der Waals surface area contributed by atoms with Crippen LogP contribution in [0.15, 0.2) is 58.5 Å². The molecule has 0 bridgehead atoms. The molecule has 0 saturated heterocycles. The van der Waals surface area contributed by atoms with E-state index in [2.05, 4.69) is 4.98 Å². The van der Waals surface area contributed by atoms with E-state index < -0.39 is 0 Å². The highest BCUT2D eigenvalue weighted by molar-refractivity contribution is 7.99. The summed E-state index contributed by atoms with van der Waals surface area (Å²) in [5, 5.41) is 1.29. The van der Waals surface area contributed by atoms with Gasteiger partial charge < -0.3 is 0 Å². The first-order valence-corrected chi connectivity index (χ1v) is 9.36. The van der Waals surface area contributed by atoms with Gasteiger partial charge in [-0.3, -0.25) is 14.2 Å². The molecular weight excluding hydrogens is 332 g/mol. The van der Waals surface area contributed by atoms with Crippen molar-refractivity contribution in [3.05, 3.63) is 70.0 Å². The molecule has 1 aliphatic rings. The molecule has 1 saturated carbocycles. The molecule has 4 rings (SSSR count). The molecule has 1 aromatic heterocycles. The molecular formula is C20H18N2O2S. The van der Waals surface area contributed by atoms with E-state index in [1.165, 1.54) is 11.8 Å². The molecule has 0 N–H and O–H groups in total. The lowest BCUT2D eigenvalue weighted by molar-refractivity contribution is 0.102. The number of benzene rings is 2. The SMILES string of the molecule is Cc1ccc(C(=O)CSc2nc3ccccc3c(=O)n2C2CC2)cc1. The minimum absolute atomic E-state index is 0.00150. The van der Waals surface area contributed by atoms with Crippen molar-refractivity contribution in [2.75, 3.05) is 5.75 Å². The summed E-state index contributed by atoms with van der Waals surface area (Å²) < 4.78 is 1.77. The summed E-state index contributed by atoms with van der Waals surface area (Å²) in [5.41, 5.74) is 2.51. The number of rotatable bonds is 5. The smallest absolute Gasteiger partial charge is 0.262 e.